The van der Waals surface area contributed by atoms with Crippen LogP contribution >= 0.6 is 0 Å². The van der Waals surface area contributed by atoms with Gasteiger partial charge in [-0.3, -0.25) is 4.79 Å². The first-order chi connectivity index (χ1) is 13.2. The number of carbonyl (C=O) groups excluding carboxylic acids is 2. The maximum Gasteiger partial charge on any atom is 0.338 e. The molecule has 0 spiro atoms. The zero-order valence-electron chi connectivity index (χ0n) is 16.8. The van der Waals surface area contributed by atoms with Gasteiger partial charge >= 0.3 is 5.97 Å². The van der Waals surface area contributed by atoms with Gasteiger partial charge in [0.15, 0.2) is 6.10 Å². The number of nitrogens with zero attached hydrogens (tertiary/aromatic N) is 2. The second kappa shape index (κ2) is 9.18. The third kappa shape index (κ3) is 5.43. The fraction of sp³-hybridized carbons (Fsp3) is 0.348. The molecule has 0 fully saturated rings. The monoisotopic (exact) mass is 378 g/mol. The van der Waals surface area contributed by atoms with E-state index in [0.717, 1.165) is 5.56 Å². The second-order valence-corrected chi connectivity index (χ2v) is 7.61. The summed E-state index contributed by atoms with van der Waals surface area (Å²) in [4.78, 5) is 26.8. The third-order valence-corrected chi connectivity index (χ3v) is 4.40. The Kier molecular flexibility index (Phi) is 6.94. The van der Waals surface area contributed by atoms with Crippen molar-refractivity contribution >= 4 is 17.6 Å². The van der Waals surface area contributed by atoms with Crippen molar-refractivity contribution in [2.24, 2.45) is 0 Å². The standard InChI is InChI=1S/C23H26N2O3/c1-17(21(26)25(16-8-15-24)20-9-6-5-7-10-20)28-22(27)18-11-13-19(14-12-18)23(2,3)4/h5-7,9-14,17H,8,16H2,1-4H3. The molecule has 0 aliphatic heterocycles. The van der Waals surface area contributed by atoms with Crippen LogP contribution in [0.15, 0.2) is 54.6 Å². The van der Waals surface area contributed by atoms with Crippen molar-refractivity contribution < 1.29 is 14.3 Å². The van der Waals surface area contributed by atoms with Crippen LogP contribution in [0.3, 0.4) is 0 Å². The fourth-order valence-electron chi connectivity index (χ4n) is 2.74. The van der Waals surface area contributed by atoms with Crippen LogP contribution in [-0.4, -0.2) is 24.5 Å². The van der Waals surface area contributed by atoms with Crippen molar-refractivity contribution in [1.29, 1.82) is 5.26 Å². The van der Waals surface area contributed by atoms with Gasteiger partial charge in [0.1, 0.15) is 0 Å². The van der Waals surface area contributed by atoms with Crippen LogP contribution < -0.4 is 4.90 Å². The van der Waals surface area contributed by atoms with E-state index in [4.69, 9.17) is 10.00 Å². The van der Waals surface area contributed by atoms with Gasteiger partial charge in [-0.05, 0) is 42.2 Å². The van der Waals surface area contributed by atoms with Crippen LogP contribution in [0.25, 0.3) is 0 Å². The van der Waals surface area contributed by atoms with Gasteiger partial charge in [0.05, 0.1) is 18.1 Å². The van der Waals surface area contributed by atoms with Crippen LogP contribution in [-0.2, 0) is 14.9 Å². The molecule has 0 aliphatic carbocycles. The van der Waals surface area contributed by atoms with Crippen LogP contribution in [0.5, 0.6) is 0 Å². The number of nitriles is 1. The summed E-state index contributed by atoms with van der Waals surface area (Å²) in [7, 11) is 0. The summed E-state index contributed by atoms with van der Waals surface area (Å²) in [6.45, 7) is 8.08. The minimum atomic E-state index is -0.964. The third-order valence-electron chi connectivity index (χ3n) is 4.40. The average Bonchev–Trinajstić information content (AvgIpc) is 2.68. The highest BCUT2D eigenvalue weighted by atomic mass is 16.5. The van der Waals surface area contributed by atoms with Crippen LogP contribution in [0, 0.1) is 11.3 Å². The molecule has 5 nitrogen and oxygen atoms in total. The lowest BCUT2D eigenvalue weighted by molar-refractivity contribution is -0.126. The summed E-state index contributed by atoms with van der Waals surface area (Å²) in [5, 5.41) is 8.88. The Balaban J connectivity index is 2.11. The maximum atomic E-state index is 12.8. The first kappa shape index (κ1) is 21.2. The quantitative estimate of drug-likeness (QED) is 0.695. The minimum Gasteiger partial charge on any atom is -0.449 e. The summed E-state index contributed by atoms with van der Waals surface area (Å²) in [5.74, 6) is -0.907. The topological polar surface area (TPSA) is 70.4 Å². The Labute approximate surface area is 166 Å². The Morgan fingerprint density at radius 2 is 1.68 bits per heavy atom. The number of rotatable bonds is 6. The molecule has 2 rings (SSSR count). The van der Waals surface area contributed by atoms with Crippen LogP contribution in [0.2, 0.25) is 0 Å². The van der Waals surface area contributed by atoms with Gasteiger partial charge in [-0.15, -0.1) is 0 Å². The van der Waals surface area contributed by atoms with E-state index in [0.29, 0.717) is 11.3 Å². The number of anilines is 1. The zero-order chi connectivity index (χ0) is 20.7. The van der Waals surface area contributed by atoms with E-state index in [2.05, 4.69) is 20.8 Å². The predicted molar refractivity (Wildman–Crippen MR) is 109 cm³/mol. The highest BCUT2D eigenvalue weighted by molar-refractivity contribution is 5.99. The highest BCUT2D eigenvalue weighted by Crippen LogP contribution is 2.22. The minimum absolute atomic E-state index is 0.0113. The molecule has 28 heavy (non-hydrogen) atoms. The number of hydrogen-bond donors (Lipinski definition) is 0. The fourth-order valence-corrected chi connectivity index (χ4v) is 2.74. The molecule has 0 saturated heterocycles. The number of ether oxygens (including phenoxy) is 1. The van der Waals surface area contributed by atoms with E-state index in [1.54, 1.807) is 31.2 Å². The molecule has 0 bridgehead atoms. The molecule has 1 unspecified atom stereocenters. The number of benzene rings is 2. The van der Waals surface area contributed by atoms with Crippen LogP contribution in [0.4, 0.5) is 5.69 Å². The lowest BCUT2D eigenvalue weighted by Crippen LogP contribution is -2.40. The number of carbonyl (C=O) groups is 2. The van der Waals surface area contributed by atoms with Gasteiger partial charge in [0.25, 0.3) is 5.91 Å². The molecule has 0 N–H and O–H groups in total. The molecule has 0 aromatic heterocycles. The Morgan fingerprint density at radius 1 is 1.07 bits per heavy atom. The van der Waals surface area contributed by atoms with E-state index >= 15 is 0 Å². The molecule has 2 aromatic rings. The van der Waals surface area contributed by atoms with Gasteiger partial charge in [0, 0.05) is 12.2 Å². The van der Waals surface area contributed by atoms with Crippen molar-refractivity contribution in [2.75, 3.05) is 11.4 Å². The molecule has 0 saturated carbocycles. The van der Waals surface area contributed by atoms with E-state index in [-0.39, 0.29) is 24.3 Å². The molecule has 5 heteroatoms. The van der Waals surface area contributed by atoms with E-state index in [1.165, 1.54) is 4.90 Å². The lowest BCUT2D eigenvalue weighted by atomic mass is 9.87. The summed E-state index contributed by atoms with van der Waals surface area (Å²) in [6, 6.07) is 18.3. The number of para-hydroxylation sites is 1. The second-order valence-electron chi connectivity index (χ2n) is 7.61. The van der Waals surface area contributed by atoms with Crippen LogP contribution in [0.1, 0.15) is 50.0 Å². The van der Waals surface area contributed by atoms with Crippen molar-refractivity contribution in [2.45, 2.75) is 45.6 Å². The molecule has 1 amide bonds. The maximum absolute atomic E-state index is 12.8. The average molecular weight is 378 g/mol. The Hall–Kier alpha value is -3.13. The van der Waals surface area contributed by atoms with Crippen molar-refractivity contribution in [1.82, 2.24) is 0 Å². The first-order valence-electron chi connectivity index (χ1n) is 9.29. The molecule has 0 radical (unpaired) electrons. The number of amides is 1. The van der Waals surface area contributed by atoms with E-state index in [1.807, 2.05) is 36.4 Å². The van der Waals surface area contributed by atoms with Gasteiger partial charge in [0.2, 0.25) is 0 Å². The van der Waals surface area contributed by atoms with Gasteiger partial charge < -0.3 is 9.64 Å². The SMILES string of the molecule is CC(OC(=O)c1ccc(C(C)(C)C)cc1)C(=O)N(CCC#N)c1ccccc1. The molecular weight excluding hydrogens is 352 g/mol. The number of hydrogen-bond acceptors (Lipinski definition) is 4. The Bertz CT molecular complexity index is 846. The van der Waals surface area contributed by atoms with Crippen molar-refractivity contribution in [3.8, 4) is 6.07 Å². The lowest BCUT2D eigenvalue weighted by Gasteiger charge is -2.25. The molecular formula is C23H26N2O3. The highest BCUT2D eigenvalue weighted by Gasteiger charge is 2.25. The summed E-state index contributed by atoms with van der Waals surface area (Å²) in [6.07, 6.45) is -0.774. The molecule has 1 atom stereocenters. The smallest absolute Gasteiger partial charge is 0.338 e. The zero-order valence-corrected chi connectivity index (χ0v) is 16.8. The summed E-state index contributed by atoms with van der Waals surface area (Å²) in [5.41, 5.74) is 2.17. The Morgan fingerprint density at radius 3 is 2.21 bits per heavy atom. The summed E-state index contributed by atoms with van der Waals surface area (Å²) < 4.78 is 5.39. The van der Waals surface area contributed by atoms with Gasteiger partial charge in [-0.1, -0.05) is 51.1 Å². The van der Waals surface area contributed by atoms with Gasteiger partial charge in [-0.25, -0.2) is 4.79 Å². The van der Waals surface area contributed by atoms with E-state index in [9.17, 15) is 9.59 Å². The molecule has 0 aliphatic rings. The predicted octanol–water partition coefficient (Wildman–Crippen LogP) is 4.48. The van der Waals surface area contributed by atoms with E-state index < -0.39 is 12.1 Å². The first-order valence-corrected chi connectivity index (χ1v) is 9.29. The molecule has 0 heterocycles. The largest absolute Gasteiger partial charge is 0.449 e. The molecule has 146 valence electrons. The van der Waals surface area contributed by atoms with Gasteiger partial charge in [-0.2, -0.15) is 5.26 Å². The normalized spacial score (nSPS) is 12.0. The molecule has 2 aromatic carbocycles. The number of esters is 1. The van der Waals surface area contributed by atoms with Crippen molar-refractivity contribution in [3.63, 3.8) is 0 Å². The van der Waals surface area contributed by atoms with Crippen molar-refractivity contribution in [3.05, 3.63) is 65.7 Å². The summed E-state index contributed by atoms with van der Waals surface area (Å²) >= 11 is 0.